The molecule has 1 saturated heterocycles. The summed E-state index contributed by atoms with van der Waals surface area (Å²) in [5.41, 5.74) is 3.24. The molecule has 1 fully saturated rings. The van der Waals surface area contributed by atoms with E-state index < -0.39 is 30.2 Å². The van der Waals surface area contributed by atoms with Crippen LogP contribution < -0.4 is 5.32 Å². The second kappa shape index (κ2) is 13.6. The van der Waals surface area contributed by atoms with Crippen LogP contribution in [0.15, 0.2) is 77.7 Å². The molecule has 0 aliphatic carbocycles. The van der Waals surface area contributed by atoms with Crippen molar-refractivity contribution in [3.63, 3.8) is 0 Å². The number of carboxylic acid groups (broad SMARTS) is 1. The van der Waals surface area contributed by atoms with Crippen LogP contribution in [0.25, 0.3) is 0 Å². The van der Waals surface area contributed by atoms with Crippen molar-refractivity contribution in [3.05, 3.63) is 95.1 Å². The molecular weight excluding hydrogens is 534 g/mol. The molecule has 1 aliphatic heterocycles. The van der Waals surface area contributed by atoms with E-state index in [2.05, 4.69) is 5.32 Å². The molecule has 210 valence electrons. The predicted molar refractivity (Wildman–Crippen MR) is 149 cm³/mol. The number of benzene rings is 3. The highest BCUT2D eigenvalue weighted by molar-refractivity contribution is 7.99. The van der Waals surface area contributed by atoms with Gasteiger partial charge in [0, 0.05) is 35.2 Å². The van der Waals surface area contributed by atoms with Gasteiger partial charge in [-0.1, -0.05) is 48.5 Å². The molecule has 4 unspecified atom stereocenters. The number of anilines is 1. The molecule has 1 amide bonds. The molecule has 4 rings (SSSR count). The largest absolute Gasteiger partial charge is 0.478 e. The molecule has 3 aromatic rings. The number of amides is 1. The highest BCUT2D eigenvalue weighted by Gasteiger charge is 2.32. The molecule has 0 bridgehead atoms. The van der Waals surface area contributed by atoms with Gasteiger partial charge >= 0.3 is 11.9 Å². The molecule has 3 aromatic carbocycles. The average Bonchev–Trinajstić information content (AvgIpc) is 2.96. The number of carbonyl (C=O) groups is 3. The Kier molecular flexibility index (Phi) is 9.94. The lowest BCUT2D eigenvalue weighted by atomic mass is 10.0. The van der Waals surface area contributed by atoms with E-state index >= 15 is 0 Å². The van der Waals surface area contributed by atoms with Gasteiger partial charge < -0.3 is 29.7 Å². The van der Waals surface area contributed by atoms with Crippen molar-refractivity contribution < 1.29 is 38.8 Å². The van der Waals surface area contributed by atoms with Gasteiger partial charge in [0.05, 0.1) is 24.4 Å². The van der Waals surface area contributed by atoms with E-state index in [0.717, 1.165) is 16.7 Å². The Labute approximate surface area is 236 Å². The van der Waals surface area contributed by atoms with Crippen molar-refractivity contribution in [2.24, 2.45) is 0 Å². The molecule has 3 N–H and O–H groups in total. The number of nitrogens with one attached hydrogen (secondary N) is 1. The quantitative estimate of drug-likeness (QED) is 0.227. The molecule has 0 spiro atoms. The Morgan fingerprint density at radius 2 is 1.68 bits per heavy atom. The summed E-state index contributed by atoms with van der Waals surface area (Å²) < 4.78 is 17.6. The highest BCUT2D eigenvalue weighted by atomic mass is 32.2. The first-order valence-corrected chi connectivity index (χ1v) is 13.8. The topological polar surface area (TPSA) is 131 Å². The summed E-state index contributed by atoms with van der Waals surface area (Å²) in [6, 6.07) is 21.4. The van der Waals surface area contributed by atoms with Crippen LogP contribution in [-0.4, -0.2) is 46.0 Å². The Morgan fingerprint density at radius 3 is 2.33 bits per heavy atom. The summed E-state index contributed by atoms with van der Waals surface area (Å²) in [6.07, 6.45) is -1.63. The summed E-state index contributed by atoms with van der Waals surface area (Å²) in [6.45, 7) is 2.69. The fourth-order valence-corrected chi connectivity index (χ4v) is 5.31. The third kappa shape index (κ3) is 7.70. The number of carbonyl (C=O) groups excluding carboxylic acids is 2. The van der Waals surface area contributed by atoms with Crippen LogP contribution in [0.2, 0.25) is 0 Å². The van der Waals surface area contributed by atoms with Gasteiger partial charge in [0.25, 0.3) is 5.91 Å². The number of hydrogen-bond acceptors (Lipinski definition) is 8. The second-order valence-electron chi connectivity index (χ2n) is 9.33. The fourth-order valence-electron chi connectivity index (χ4n) is 4.24. The maximum absolute atomic E-state index is 12.3. The van der Waals surface area contributed by atoms with Crippen LogP contribution in [0.1, 0.15) is 59.7 Å². The van der Waals surface area contributed by atoms with E-state index in [1.807, 2.05) is 24.3 Å². The van der Waals surface area contributed by atoms with Crippen molar-refractivity contribution in [1.82, 2.24) is 0 Å². The van der Waals surface area contributed by atoms with Crippen molar-refractivity contribution in [2.45, 2.75) is 56.4 Å². The minimum absolute atomic E-state index is 0.0532. The Bertz CT molecular complexity index is 1330. The maximum atomic E-state index is 12.3. The number of rotatable bonds is 10. The van der Waals surface area contributed by atoms with Crippen LogP contribution in [0.5, 0.6) is 0 Å². The summed E-state index contributed by atoms with van der Waals surface area (Å²) in [4.78, 5) is 35.7. The second-order valence-corrected chi connectivity index (χ2v) is 10.4. The lowest BCUT2D eigenvalue weighted by molar-refractivity contribution is -0.245. The Balaban J connectivity index is 1.50. The molecular formula is C30H31NO8S. The van der Waals surface area contributed by atoms with E-state index in [1.165, 1.54) is 25.6 Å². The van der Waals surface area contributed by atoms with Gasteiger partial charge in [0.2, 0.25) is 0 Å². The average molecular weight is 566 g/mol. The Morgan fingerprint density at radius 1 is 1.00 bits per heavy atom. The predicted octanol–water partition coefficient (Wildman–Crippen LogP) is 5.10. The molecule has 0 aromatic heterocycles. The summed E-state index contributed by atoms with van der Waals surface area (Å²) in [5.74, 6) is -1.45. The normalized spacial score (nSPS) is 19.4. The summed E-state index contributed by atoms with van der Waals surface area (Å²) in [5, 5.41) is 21.7. The first-order chi connectivity index (χ1) is 19.2. The van der Waals surface area contributed by atoms with Crippen LogP contribution in [0.4, 0.5) is 5.69 Å². The van der Waals surface area contributed by atoms with Crippen molar-refractivity contribution in [3.8, 4) is 0 Å². The van der Waals surface area contributed by atoms with Gasteiger partial charge in [-0.25, -0.2) is 4.79 Å². The Hall–Kier alpha value is -3.70. The third-order valence-corrected chi connectivity index (χ3v) is 7.52. The van der Waals surface area contributed by atoms with Crippen molar-refractivity contribution in [2.75, 3.05) is 11.1 Å². The van der Waals surface area contributed by atoms with Gasteiger partial charge in [-0.05, 0) is 42.3 Å². The highest BCUT2D eigenvalue weighted by Crippen LogP contribution is 2.40. The zero-order chi connectivity index (χ0) is 28.6. The van der Waals surface area contributed by atoms with E-state index in [0.29, 0.717) is 22.8 Å². The van der Waals surface area contributed by atoms with E-state index in [4.69, 9.17) is 14.2 Å². The number of esters is 1. The zero-order valence-electron chi connectivity index (χ0n) is 22.1. The van der Waals surface area contributed by atoms with Crippen LogP contribution in [-0.2, 0) is 30.4 Å². The SMILES string of the molecule is CC(=O)OC(C)C(=O)Nc1ccc(C2OC(CSc3ccccc3C(=O)O)CC(c3ccc(CO)cc3)O2)cc1. The van der Waals surface area contributed by atoms with Gasteiger partial charge in [0.1, 0.15) is 0 Å². The maximum Gasteiger partial charge on any atom is 0.336 e. The zero-order valence-corrected chi connectivity index (χ0v) is 22.9. The molecule has 4 atom stereocenters. The standard InChI is InChI=1S/C30H31NO8S/c1-18(37-19(2)33)28(34)31-23-13-11-22(12-14-23)30-38-24(17-40-27-6-4-3-5-25(27)29(35)36)15-26(39-30)21-9-7-20(16-32)8-10-21/h3-14,18,24,26,30,32H,15-17H2,1-2H3,(H,31,34)(H,35,36). The van der Waals surface area contributed by atoms with E-state index in [1.54, 1.807) is 48.5 Å². The van der Waals surface area contributed by atoms with Crippen molar-refractivity contribution in [1.29, 1.82) is 0 Å². The summed E-state index contributed by atoms with van der Waals surface area (Å²) >= 11 is 1.42. The summed E-state index contributed by atoms with van der Waals surface area (Å²) in [7, 11) is 0. The van der Waals surface area contributed by atoms with Crippen LogP contribution >= 0.6 is 11.8 Å². The van der Waals surface area contributed by atoms with Crippen molar-refractivity contribution >= 4 is 35.3 Å². The van der Waals surface area contributed by atoms with Gasteiger partial charge in [-0.3, -0.25) is 9.59 Å². The third-order valence-electron chi connectivity index (χ3n) is 6.32. The van der Waals surface area contributed by atoms with Gasteiger partial charge in [0.15, 0.2) is 12.4 Å². The number of aliphatic hydroxyl groups excluding tert-OH is 1. The molecule has 10 heteroatoms. The van der Waals surface area contributed by atoms with Gasteiger partial charge in [-0.2, -0.15) is 0 Å². The number of carboxylic acids is 1. The smallest absolute Gasteiger partial charge is 0.336 e. The molecule has 9 nitrogen and oxygen atoms in total. The molecule has 1 aliphatic rings. The lowest BCUT2D eigenvalue weighted by Gasteiger charge is -2.36. The lowest BCUT2D eigenvalue weighted by Crippen LogP contribution is -2.31. The number of aliphatic hydroxyl groups is 1. The number of thioether (sulfide) groups is 1. The monoisotopic (exact) mass is 565 g/mol. The number of aromatic carboxylic acids is 1. The fraction of sp³-hybridized carbons (Fsp3) is 0.300. The molecule has 0 radical (unpaired) electrons. The molecule has 40 heavy (non-hydrogen) atoms. The van der Waals surface area contributed by atoms with Gasteiger partial charge in [-0.15, -0.1) is 11.8 Å². The van der Waals surface area contributed by atoms with E-state index in [9.17, 15) is 24.6 Å². The van der Waals surface area contributed by atoms with Crippen LogP contribution in [0.3, 0.4) is 0 Å². The molecule has 1 heterocycles. The first-order valence-electron chi connectivity index (χ1n) is 12.8. The van der Waals surface area contributed by atoms with Crippen LogP contribution in [0, 0.1) is 0 Å². The first kappa shape index (κ1) is 29.3. The number of ether oxygens (including phenoxy) is 3. The molecule has 0 saturated carbocycles. The minimum Gasteiger partial charge on any atom is -0.478 e. The van der Waals surface area contributed by atoms with E-state index in [-0.39, 0.29) is 24.4 Å². The number of hydrogen-bond donors (Lipinski definition) is 3. The minimum atomic E-state index is -0.981.